The fraction of sp³-hybridized carbons (Fsp3) is 0.304. The molecule has 0 atom stereocenters. The van der Waals surface area contributed by atoms with E-state index in [-0.39, 0.29) is 5.91 Å². The molecule has 1 amide bonds. The van der Waals surface area contributed by atoms with Crippen molar-refractivity contribution in [1.82, 2.24) is 4.98 Å². The van der Waals surface area contributed by atoms with Gasteiger partial charge in [-0.25, -0.2) is 4.98 Å². The fourth-order valence-corrected chi connectivity index (χ4v) is 2.88. The smallest absolute Gasteiger partial charge is 0.224 e. The van der Waals surface area contributed by atoms with Gasteiger partial charge in [0, 0.05) is 43.9 Å². The van der Waals surface area contributed by atoms with Gasteiger partial charge in [0.25, 0.3) is 0 Å². The molecule has 5 nitrogen and oxygen atoms in total. The van der Waals surface area contributed by atoms with Crippen LogP contribution >= 0.6 is 0 Å². The second-order valence-corrected chi connectivity index (χ2v) is 7.38. The maximum absolute atomic E-state index is 12.2. The van der Waals surface area contributed by atoms with Crippen LogP contribution in [0.5, 0.6) is 0 Å². The minimum absolute atomic E-state index is 0.0568. The van der Waals surface area contributed by atoms with Gasteiger partial charge in [0.2, 0.25) is 5.91 Å². The van der Waals surface area contributed by atoms with E-state index in [1.807, 2.05) is 55.4 Å². The van der Waals surface area contributed by atoms with Crippen LogP contribution in [0.15, 0.2) is 59.1 Å². The average molecular weight is 377 g/mol. The molecular formula is C23H27N3O2. The van der Waals surface area contributed by atoms with Crippen molar-refractivity contribution < 1.29 is 9.21 Å². The lowest BCUT2D eigenvalue weighted by Crippen LogP contribution is -2.13. The van der Waals surface area contributed by atoms with Crippen LogP contribution in [-0.4, -0.2) is 25.0 Å². The van der Waals surface area contributed by atoms with Gasteiger partial charge < -0.3 is 14.6 Å². The molecule has 0 aliphatic heterocycles. The number of carbonyl (C=O) groups excluding carboxylic acids is 1. The lowest BCUT2D eigenvalue weighted by molar-refractivity contribution is -0.116. The van der Waals surface area contributed by atoms with Crippen LogP contribution in [0.25, 0.3) is 11.3 Å². The molecule has 2 aromatic carbocycles. The van der Waals surface area contributed by atoms with Crippen molar-refractivity contribution in [2.24, 2.45) is 0 Å². The van der Waals surface area contributed by atoms with E-state index in [4.69, 9.17) is 4.42 Å². The number of hydrogen-bond acceptors (Lipinski definition) is 4. The predicted octanol–water partition coefficient (Wildman–Crippen LogP) is 5.10. The van der Waals surface area contributed by atoms with Crippen LogP contribution in [0, 0.1) is 0 Å². The summed E-state index contributed by atoms with van der Waals surface area (Å²) in [6, 6.07) is 16.1. The summed E-state index contributed by atoms with van der Waals surface area (Å²) in [7, 11) is 3.97. The Balaban J connectivity index is 1.54. The van der Waals surface area contributed by atoms with E-state index in [9.17, 15) is 4.79 Å². The standard InChI is InChI=1S/C23H27N3O2/c1-16(2)17-5-7-18(8-6-17)21-15-24-23(28-21)14-13-22(27)25-19-9-11-20(12-10-19)26(3)4/h5-12,15-16H,13-14H2,1-4H3,(H,25,27). The second-order valence-electron chi connectivity index (χ2n) is 7.38. The summed E-state index contributed by atoms with van der Waals surface area (Å²) in [4.78, 5) is 18.5. The number of carbonyl (C=O) groups is 1. The SMILES string of the molecule is CC(C)c1ccc(-c2cnc(CCC(=O)Nc3ccc(N(C)C)cc3)o2)cc1. The third-order valence-electron chi connectivity index (χ3n) is 4.65. The van der Waals surface area contributed by atoms with Crippen LogP contribution < -0.4 is 10.2 Å². The van der Waals surface area contributed by atoms with E-state index in [1.54, 1.807) is 6.20 Å². The first-order chi connectivity index (χ1) is 13.4. The van der Waals surface area contributed by atoms with Crippen LogP contribution in [0.3, 0.4) is 0 Å². The summed E-state index contributed by atoms with van der Waals surface area (Å²) in [5, 5.41) is 2.91. The van der Waals surface area contributed by atoms with Gasteiger partial charge in [0.1, 0.15) is 0 Å². The van der Waals surface area contributed by atoms with Crippen molar-refractivity contribution in [2.75, 3.05) is 24.3 Å². The van der Waals surface area contributed by atoms with E-state index in [0.717, 1.165) is 22.7 Å². The van der Waals surface area contributed by atoms with Gasteiger partial charge in [-0.2, -0.15) is 0 Å². The van der Waals surface area contributed by atoms with Crippen molar-refractivity contribution in [3.05, 3.63) is 66.2 Å². The molecule has 0 aliphatic carbocycles. The van der Waals surface area contributed by atoms with E-state index < -0.39 is 0 Å². The van der Waals surface area contributed by atoms with Crippen molar-refractivity contribution >= 4 is 17.3 Å². The van der Waals surface area contributed by atoms with Gasteiger partial charge >= 0.3 is 0 Å². The Kier molecular flexibility index (Phi) is 6.14. The van der Waals surface area contributed by atoms with Crippen molar-refractivity contribution in [1.29, 1.82) is 0 Å². The van der Waals surface area contributed by atoms with Crippen LogP contribution in [0.2, 0.25) is 0 Å². The summed E-state index contributed by atoms with van der Waals surface area (Å²) in [6.07, 6.45) is 2.50. The molecule has 1 aromatic heterocycles. The lowest BCUT2D eigenvalue weighted by Gasteiger charge is -2.12. The molecule has 0 unspecified atom stereocenters. The topological polar surface area (TPSA) is 58.4 Å². The summed E-state index contributed by atoms with van der Waals surface area (Å²) in [5.74, 6) is 1.74. The third kappa shape index (κ3) is 5.00. The van der Waals surface area contributed by atoms with Crippen molar-refractivity contribution in [2.45, 2.75) is 32.6 Å². The van der Waals surface area contributed by atoms with Gasteiger partial charge in [-0.05, 0) is 35.7 Å². The molecule has 1 N–H and O–H groups in total. The number of hydrogen-bond donors (Lipinski definition) is 1. The average Bonchev–Trinajstić information content (AvgIpc) is 3.16. The summed E-state index contributed by atoms with van der Waals surface area (Å²) in [5.41, 5.74) is 4.16. The highest BCUT2D eigenvalue weighted by molar-refractivity contribution is 5.90. The van der Waals surface area contributed by atoms with Gasteiger partial charge in [-0.1, -0.05) is 38.1 Å². The van der Waals surface area contributed by atoms with Crippen LogP contribution in [0.1, 0.15) is 37.6 Å². The lowest BCUT2D eigenvalue weighted by atomic mass is 10.0. The first-order valence-corrected chi connectivity index (χ1v) is 9.54. The van der Waals surface area contributed by atoms with E-state index in [0.29, 0.717) is 24.7 Å². The van der Waals surface area contributed by atoms with Crippen LogP contribution in [-0.2, 0) is 11.2 Å². The molecule has 0 saturated carbocycles. The Morgan fingerprint density at radius 2 is 1.75 bits per heavy atom. The number of nitrogens with one attached hydrogen (secondary N) is 1. The largest absolute Gasteiger partial charge is 0.441 e. The molecule has 146 valence electrons. The molecule has 0 saturated heterocycles. The Labute approximate surface area is 166 Å². The molecule has 28 heavy (non-hydrogen) atoms. The quantitative estimate of drug-likeness (QED) is 0.622. The Bertz CT molecular complexity index is 910. The molecule has 3 aromatic rings. The number of aromatic nitrogens is 1. The van der Waals surface area contributed by atoms with Gasteiger partial charge in [0.05, 0.1) is 6.20 Å². The molecule has 0 fully saturated rings. The zero-order valence-corrected chi connectivity index (χ0v) is 16.9. The fourth-order valence-electron chi connectivity index (χ4n) is 2.88. The summed E-state index contributed by atoms with van der Waals surface area (Å²) < 4.78 is 5.82. The first-order valence-electron chi connectivity index (χ1n) is 9.54. The molecule has 5 heteroatoms. The minimum Gasteiger partial charge on any atom is -0.441 e. The molecule has 0 spiro atoms. The van der Waals surface area contributed by atoms with Gasteiger partial charge in [0.15, 0.2) is 11.7 Å². The second kappa shape index (κ2) is 8.74. The molecular weight excluding hydrogens is 350 g/mol. The number of benzene rings is 2. The van der Waals surface area contributed by atoms with E-state index >= 15 is 0 Å². The molecule has 0 radical (unpaired) electrons. The van der Waals surface area contributed by atoms with Gasteiger partial charge in [-0.3, -0.25) is 4.79 Å². The first kappa shape index (κ1) is 19.7. The molecule has 3 rings (SSSR count). The highest BCUT2D eigenvalue weighted by Crippen LogP contribution is 2.24. The van der Waals surface area contributed by atoms with Gasteiger partial charge in [-0.15, -0.1) is 0 Å². The molecule has 1 heterocycles. The van der Waals surface area contributed by atoms with Crippen molar-refractivity contribution in [3.63, 3.8) is 0 Å². The van der Waals surface area contributed by atoms with Crippen LogP contribution in [0.4, 0.5) is 11.4 Å². The van der Waals surface area contributed by atoms with E-state index in [1.165, 1.54) is 5.56 Å². The summed E-state index contributed by atoms with van der Waals surface area (Å²) in [6.45, 7) is 4.34. The highest BCUT2D eigenvalue weighted by Gasteiger charge is 2.10. The number of rotatable bonds is 7. The Morgan fingerprint density at radius 1 is 1.07 bits per heavy atom. The number of oxazole rings is 1. The predicted molar refractivity (Wildman–Crippen MR) is 114 cm³/mol. The van der Waals surface area contributed by atoms with E-state index in [2.05, 4.69) is 36.3 Å². The summed E-state index contributed by atoms with van der Waals surface area (Å²) >= 11 is 0. The number of anilines is 2. The normalized spacial score (nSPS) is 10.9. The zero-order valence-electron chi connectivity index (χ0n) is 16.9. The molecule has 0 bridgehead atoms. The minimum atomic E-state index is -0.0568. The monoisotopic (exact) mass is 377 g/mol. The number of amides is 1. The molecule has 0 aliphatic rings. The number of aryl methyl sites for hydroxylation is 1. The maximum atomic E-state index is 12.2. The highest BCUT2D eigenvalue weighted by atomic mass is 16.4. The maximum Gasteiger partial charge on any atom is 0.224 e. The zero-order chi connectivity index (χ0) is 20.1. The Hall–Kier alpha value is -3.08. The Morgan fingerprint density at radius 3 is 2.36 bits per heavy atom. The third-order valence-corrected chi connectivity index (χ3v) is 4.65. The number of nitrogens with zero attached hydrogens (tertiary/aromatic N) is 2. The van der Waals surface area contributed by atoms with Crippen molar-refractivity contribution in [3.8, 4) is 11.3 Å².